The minimum atomic E-state index is 0.751. The molecule has 164 valence electrons. The van der Waals surface area contributed by atoms with E-state index in [-0.39, 0.29) is 0 Å². The van der Waals surface area contributed by atoms with Crippen LogP contribution in [0.25, 0.3) is 0 Å². The quantitative estimate of drug-likeness (QED) is 0.205. The standard InChI is InChI=1S/C28H52/c1-7-8-13-22(2)24(4)18-19-25(5)23(3)14-10-9-11-15-27-20-21-28(27,6)26-16-12-17-26/h23,25-27H,7-21H2,1-6H3. The summed E-state index contributed by atoms with van der Waals surface area (Å²) < 4.78 is 0. The van der Waals surface area contributed by atoms with Crippen LogP contribution < -0.4 is 0 Å². The van der Waals surface area contributed by atoms with Crippen molar-refractivity contribution in [2.24, 2.45) is 29.1 Å². The van der Waals surface area contributed by atoms with Gasteiger partial charge in [0.1, 0.15) is 0 Å². The Bertz CT molecular complexity index is 468. The summed E-state index contributed by atoms with van der Waals surface area (Å²) in [6, 6.07) is 0. The maximum Gasteiger partial charge on any atom is -0.0269 e. The highest BCUT2D eigenvalue weighted by Gasteiger charge is 2.48. The molecule has 0 N–H and O–H groups in total. The van der Waals surface area contributed by atoms with Crippen LogP contribution in [0.5, 0.6) is 0 Å². The second kappa shape index (κ2) is 11.8. The van der Waals surface area contributed by atoms with Crippen molar-refractivity contribution in [3.63, 3.8) is 0 Å². The van der Waals surface area contributed by atoms with Crippen molar-refractivity contribution < 1.29 is 0 Å². The molecule has 4 unspecified atom stereocenters. The minimum absolute atomic E-state index is 0.751. The average molecular weight is 389 g/mol. The van der Waals surface area contributed by atoms with E-state index in [9.17, 15) is 0 Å². The summed E-state index contributed by atoms with van der Waals surface area (Å²) in [5.74, 6) is 3.94. The average Bonchev–Trinajstić information content (AvgIpc) is 2.63. The maximum atomic E-state index is 2.62. The summed E-state index contributed by atoms with van der Waals surface area (Å²) in [4.78, 5) is 0. The summed E-state index contributed by atoms with van der Waals surface area (Å²) in [5.41, 5.74) is 4.08. The van der Waals surface area contributed by atoms with Gasteiger partial charge in [-0.15, -0.1) is 0 Å². The van der Waals surface area contributed by atoms with Crippen molar-refractivity contribution in [1.29, 1.82) is 0 Å². The van der Waals surface area contributed by atoms with Gasteiger partial charge in [-0.2, -0.15) is 0 Å². The first-order valence-electron chi connectivity index (χ1n) is 13.0. The zero-order chi connectivity index (χ0) is 20.6. The summed E-state index contributed by atoms with van der Waals surface area (Å²) in [6.45, 7) is 14.7. The highest BCUT2D eigenvalue weighted by molar-refractivity contribution is 5.09. The molecule has 0 heteroatoms. The molecule has 0 radical (unpaired) electrons. The van der Waals surface area contributed by atoms with Gasteiger partial charge in [0, 0.05) is 0 Å². The van der Waals surface area contributed by atoms with Crippen molar-refractivity contribution in [1.82, 2.24) is 0 Å². The molecular formula is C28H52. The third-order valence-corrected chi connectivity index (χ3v) is 9.29. The van der Waals surface area contributed by atoms with E-state index >= 15 is 0 Å². The molecular weight excluding hydrogens is 336 g/mol. The lowest BCUT2D eigenvalue weighted by Crippen LogP contribution is -2.46. The Kier molecular flexibility index (Phi) is 10.1. The lowest BCUT2D eigenvalue weighted by Gasteiger charge is -2.55. The molecule has 0 spiro atoms. The van der Waals surface area contributed by atoms with Crippen molar-refractivity contribution in [3.8, 4) is 0 Å². The molecule has 0 aromatic carbocycles. The summed E-state index contributed by atoms with van der Waals surface area (Å²) in [7, 11) is 0. The van der Waals surface area contributed by atoms with Gasteiger partial charge in [0.25, 0.3) is 0 Å². The lowest BCUT2D eigenvalue weighted by atomic mass is 9.50. The Morgan fingerprint density at radius 2 is 1.54 bits per heavy atom. The molecule has 0 aromatic rings. The van der Waals surface area contributed by atoms with Crippen molar-refractivity contribution >= 4 is 0 Å². The fraction of sp³-hybridized carbons (Fsp3) is 0.929. The van der Waals surface area contributed by atoms with Crippen LogP contribution >= 0.6 is 0 Å². The fourth-order valence-electron chi connectivity index (χ4n) is 5.80. The van der Waals surface area contributed by atoms with E-state index < -0.39 is 0 Å². The van der Waals surface area contributed by atoms with Gasteiger partial charge in [0.2, 0.25) is 0 Å². The molecule has 0 bridgehead atoms. The Morgan fingerprint density at radius 3 is 2.11 bits per heavy atom. The first kappa shape index (κ1) is 24.0. The third kappa shape index (κ3) is 6.63. The van der Waals surface area contributed by atoms with E-state index in [0.29, 0.717) is 0 Å². The molecule has 2 aliphatic rings. The molecule has 0 nitrogen and oxygen atoms in total. The van der Waals surface area contributed by atoms with Gasteiger partial charge in [-0.1, -0.05) is 77.4 Å². The first-order chi connectivity index (χ1) is 13.4. The number of hydrogen-bond donors (Lipinski definition) is 0. The van der Waals surface area contributed by atoms with Gasteiger partial charge in [0.05, 0.1) is 0 Å². The van der Waals surface area contributed by atoms with Crippen LogP contribution in [0.1, 0.15) is 138 Å². The van der Waals surface area contributed by atoms with Crippen LogP contribution in [-0.4, -0.2) is 0 Å². The summed E-state index contributed by atoms with van der Waals surface area (Å²) in [5, 5.41) is 0. The second-order valence-electron chi connectivity index (χ2n) is 11.2. The van der Waals surface area contributed by atoms with Crippen LogP contribution in [0.2, 0.25) is 0 Å². The minimum Gasteiger partial charge on any atom is -0.0744 e. The first-order valence-corrected chi connectivity index (χ1v) is 13.0. The molecule has 4 atom stereocenters. The van der Waals surface area contributed by atoms with Crippen molar-refractivity contribution in [3.05, 3.63) is 11.1 Å². The molecule has 2 aliphatic carbocycles. The van der Waals surface area contributed by atoms with E-state index in [2.05, 4.69) is 41.5 Å². The van der Waals surface area contributed by atoms with E-state index in [1.165, 1.54) is 96.3 Å². The second-order valence-corrected chi connectivity index (χ2v) is 11.2. The van der Waals surface area contributed by atoms with Crippen LogP contribution in [0.4, 0.5) is 0 Å². The lowest BCUT2D eigenvalue weighted by molar-refractivity contribution is -0.0536. The molecule has 2 saturated carbocycles. The van der Waals surface area contributed by atoms with Crippen LogP contribution in [0, 0.1) is 29.1 Å². The fourth-order valence-corrected chi connectivity index (χ4v) is 5.80. The smallest absolute Gasteiger partial charge is 0.0269 e. The maximum absolute atomic E-state index is 2.62. The molecule has 0 aromatic heterocycles. The predicted molar refractivity (Wildman–Crippen MR) is 127 cm³/mol. The molecule has 0 heterocycles. The van der Waals surface area contributed by atoms with Crippen LogP contribution in [0.15, 0.2) is 11.1 Å². The van der Waals surface area contributed by atoms with Crippen molar-refractivity contribution in [2.45, 2.75) is 138 Å². The largest absolute Gasteiger partial charge is 0.0744 e. The normalized spacial score (nSPS) is 28.3. The van der Waals surface area contributed by atoms with Crippen LogP contribution in [-0.2, 0) is 0 Å². The Labute approximate surface area is 178 Å². The molecule has 28 heavy (non-hydrogen) atoms. The zero-order valence-corrected chi connectivity index (χ0v) is 20.4. The Balaban J connectivity index is 1.55. The van der Waals surface area contributed by atoms with E-state index in [1.54, 1.807) is 11.1 Å². The number of allylic oxidation sites excluding steroid dienone is 2. The molecule has 0 aliphatic heterocycles. The van der Waals surface area contributed by atoms with E-state index in [0.717, 1.165) is 29.1 Å². The van der Waals surface area contributed by atoms with E-state index in [4.69, 9.17) is 0 Å². The van der Waals surface area contributed by atoms with Gasteiger partial charge < -0.3 is 0 Å². The topological polar surface area (TPSA) is 0 Å². The Hall–Kier alpha value is -0.260. The van der Waals surface area contributed by atoms with Gasteiger partial charge in [0.15, 0.2) is 0 Å². The van der Waals surface area contributed by atoms with Crippen molar-refractivity contribution in [2.75, 3.05) is 0 Å². The molecule has 2 rings (SSSR count). The number of unbranched alkanes of at least 4 members (excludes halogenated alkanes) is 3. The summed E-state index contributed by atoms with van der Waals surface area (Å²) >= 11 is 0. The van der Waals surface area contributed by atoms with E-state index in [1.807, 2.05) is 0 Å². The Morgan fingerprint density at radius 1 is 0.857 bits per heavy atom. The number of hydrogen-bond acceptors (Lipinski definition) is 0. The SMILES string of the molecule is CCCCC(C)=C(C)CCC(C)C(C)CCCCCC1CCC1(C)C1CCC1. The molecule has 0 amide bonds. The molecule has 0 saturated heterocycles. The van der Waals surface area contributed by atoms with Gasteiger partial charge in [-0.25, -0.2) is 0 Å². The third-order valence-electron chi connectivity index (χ3n) is 9.29. The predicted octanol–water partition coefficient (Wildman–Crippen LogP) is 9.73. The zero-order valence-electron chi connectivity index (χ0n) is 20.4. The van der Waals surface area contributed by atoms with Gasteiger partial charge in [-0.3, -0.25) is 0 Å². The number of rotatable bonds is 14. The summed E-state index contributed by atoms with van der Waals surface area (Å²) in [6.07, 6.45) is 21.7. The highest BCUT2D eigenvalue weighted by atomic mass is 14.5. The van der Waals surface area contributed by atoms with Gasteiger partial charge >= 0.3 is 0 Å². The molecule has 2 fully saturated rings. The van der Waals surface area contributed by atoms with Crippen LogP contribution in [0.3, 0.4) is 0 Å². The monoisotopic (exact) mass is 388 g/mol. The highest BCUT2D eigenvalue weighted by Crippen LogP contribution is 2.59. The van der Waals surface area contributed by atoms with Gasteiger partial charge in [-0.05, 0) is 101 Å².